The first-order valence-electron chi connectivity index (χ1n) is 4.05. The van der Waals surface area contributed by atoms with E-state index >= 15 is 0 Å². The third-order valence-corrected chi connectivity index (χ3v) is 2.82. The molecule has 0 saturated carbocycles. The van der Waals surface area contributed by atoms with E-state index in [4.69, 9.17) is 11.6 Å². The van der Waals surface area contributed by atoms with E-state index in [2.05, 4.69) is 24.0 Å². The number of halogens is 1. The van der Waals surface area contributed by atoms with Crippen molar-refractivity contribution in [1.82, 2.24) is 14.8 Å². The van der Waals surface area contributed by atoms with Crippen LogP contribution in [0.3, 0.4) is 0 Å². The van der Waals surface area contributed by atoms with E-state index in [1.165, 1.54) is 11.3 Å². The molecule has 2 heterocycles. The van der Waals surface area contributed by atoms with Gasteiger partial charge in [0.15, 0.2) is 5.15 Å². The number of nitrogens with zero attached hydrogens (tertiary/aromatic N) is 3. The van der Waals surface area contributed by atoms with Crippen molar-refractivity contribution in [2.24, 2.45) is 7.05 Å². The molecular formula is C9H10ClN3. The minimum Gasteiger partial charge on any atom is -0.345 e. The highest BCUT2D eigenvalue weighted by molar-refractivity contribution is 6.33. The first-order chi connectivity index (χ1) is 6.13. The highest BCUT2D eigenvalue weighted by Crippen LogP contribution is 2.26. The van der Waals surface area contributed by atoms with Crippen molar-refractivity contribution < 1.29 is 0 Å². The van der Waals surface area contributed by atoms with Gasteiger partial charge in [0.2, 0.25) is 0 Å². The molecule has 0 radical (unpaired) electrons. The normalized spacial score (nSPS) is 11.1. The van der Waals surface area contributed by atoms with E-state index in [0.29, 0.717) is 5.15 Å². The van der Waals surface area contributed by atoms with Crippen LogP contribution in [-0.2, 0) is 7.05 Å². The van der Waals surface area contributed by atoms with Crippen molar-refractivity contribution in [3.63, 3.8) is 0 Å². The molecule has 0 N–H and O–H groups in total. The smallest absolute Gasteiger partial charge is 0.175 e. The van der Waals surface area contributed by atoms with Crippen LogP contribution in [0.4, 0.5) is 0 Å². The van der Waals surface area contributed by atoms with E-state index in [0.717, 1.165) is 10.9 Å². The lowest BCUT2D eigenvalue weighted by molar-refractivity contribution is 0.903. The molecule has 0 unspecified atom stereocenters. The molecule has 0 spiro atoms. The van der Waals surface area contributed by atoms with Crippen LogP contribution in [0, 0.1) is 13.8 Å². The second kappa shape index (κ2) is 2.70. The summed E-state index contributed by atoms with van der Waals surface area (Å²) in [6.45, 7) is 4.13. The van der Waals surface area contributed by atoms with Crippen LogP contribution in [0.5, 0.6) is 0 Å². The van der Waals surface area contributed by atoms with Gasteiger partial charge in [-0.2, -0.15) is 5.10 Å². The summed E-state index contributed by atoms with van der Waals surface area (Å²) in [6.07, 6.45) is 1.75. The summed E-state index contributed by atoms with van der Waals surface area (Å²) in [7, 11) is 1.98. The predicted octanol–water partition coefficient (Wildman–Crippen LogP) is 2.24. The van der Waals surface area contributed by atoms with Crippen LogP contribution in [-0.4, -0.2) is 14.8 Å². The molecule has 2 rings (SSSR count). The van der Waals surface area contributed by atoms with Gasteiger partial charge in [-0.15, -0.1) is 5.10 Å². The third kappa shape index (κ3) is 1.04. The van der Waals surface area contributed by atoms with E-state index in [1.807, 2.05) is 11.6 Å². The number of aryl methyl sites for hydroxylation is 2. The third-order valence-electron chi connectivity index (χ3n) is 2.57. The highest BCUT2D eigenvalue weighted by atomic mass is 35.5. The van der Waals surface area contributed by atoms with Gasteiger partial charge in [0, 0.05) is 18.1 Å². The molecule has 13 heavy (non-hydrogen) atoms. The second-order valence-corrected chi connectivity index (χ2v) is 3.53. The molecule has 2 aromatic heterocycles. The molecule has 0 saturated heterocycles. The van der Waals surface area contributed by atoms with Crippen LogP contribution in [0.25, 0.3) is 10.9 Å². The van der Waals surface area contributed by atoms with Crippen molar-refractivity contribution in [2.45, 2.75) is 13.8 Å². The molecule has 68 valence electrons. The largest absolute Gasteiger partial charge is 0.345 e. The minimum atomic E-state index is 0.469. The number of aromatic nitrogens is 3. The van der Waals surface area contributed by atoms with E-state index in [9.17, 15) is 0 Å². The Morgan fingerprint density at radius 3 is 2.69 bits per heavy atom. The number of rotatable bonds is 0. The summed E-state index contributed by atoms with van der Waals surface area (Å²) in [5.74, 6) is 0. The van der Waals surface area contributed by atoms with Crippen molar-refractivity contribution in [1.29, 1.82) is 0 Å². The lowest BCUT2D eigenvalue weighted by Crippen LogP contribution is -1.92. The molecule has 0 aliphatic carbocycles. The van der Waals surface area contributed by atoms with Gasteiger partial charge in [-0.3, -0.25) is 0 Å². The van der Waals surface area contributed by atoms with Gasteiger partial charge in [0.25, 0.3) is 0 Å². The predicted molar refractivity (Wildman–Crippen MR) is 53.0 cm³/mol. The fourth-order valence-corrected chi connectivity index (χ4v) is 1.84. The quantitative estimate of drug-likeness (QED) is 0.646. The number of hydrogen-bond donors (Lipinski definition) is 0. The molecule has 0 fully saturated rings. The first-order valence-corrected chi connectivity index (χ1v) is 4.43. The van der Waals surface area contributed by atoms with Gasteiger partial charge < -0.3 is 4.57 Å². The lowest BCUT2D eigenvalue weighted by Gasteiger charge is -1.98. The standard InChI is InChI=1S/C9H10ClN3/c1-5-6(2)13(3)8-7(5)4-11-12-9(8)10/h4H,1-3H3. The minimum absolute atomic E-state index is 0.469. The Hall–Kier alpha value is -1.09. The Bertz CT molecular complexity index is 473. The Morgan fingerprint density at radius 1 is 1.38 bits per heavy atom. The molecule has 2 aromatic rings. The summed E-state index contributed by atoms with van der Waals surface area (Å²) in [6, 6.07) is 0. The lowest BCUT2D eigenvalue weighted by atomic mass is 10.2. The fraction of sp³-hybridized carbons (Fsp3) is 0.333. The maximum atomic E-state index is 5.95. The van der Waals surface area contributed by atoms with Gasteiger partial charge in [-0.05, 0) is 19.4 Å². The molecule has 0 amide bonds. The summed E-state index contributed by atoms with van der Waals surface area (Å²) < 4.78 is 2.04. The molecule has 3 nitrogen and oxygen atoms in total. The zero-order valence-electron chi connectivity index (χ0n) is 7.80. The molecule has 4 heteroatoms. The van der Waals surface area contributed by atoms with E-state index in [-0.39, 0.29) is 0 Å². The van der Waals surface area contributed by atoms with Gasteiger partial charge >= 0.3 is 0 Å². The monoisotopic (exact) mass is 195 g/mol. The Morgan fingerprint density at radius 2 is 2.08 bits per heavy atom. The van der Waals surface area contributed by atoms with Crippen LogP contribution < -0.4 is 0 Å². The zero-order valence-corrected chi connectivity index (χ0v) is 8.55. The number of hydrogen-bond acceptors (Lipinski definition) is 2. The zero-order chi connectivity index (χ0) is 9.59. The van der Waals surface area contributed by atoms with Crippen molar-refractivity contribution in [3.8, 4) is 0 Å². The average Bonchev–Trinajstić information content (AvgIpc) is 2.33. The Kier molecular flexibility index (Phi) is 1.77. The van der Waals surface area contributed by atoms with Gasteiger partial charge in [-0.1, -0.05) is 11.6 Å². The molecule has 0 aromatic carbocycles. The molecule has 0 aliphatic rings. The molecule has 0 bridgehead atoms. The maximum absolute atomic E-state index is 5.95. The van der Waals surface area contributed by atoms with Crippen molar-refractivity contribution >= 4 is 22.5 Å². The van der Waals surface area contributed by atoms with Gasteiger partial charge in [0.1, 0.15) is 0 Å². The van der Waals surface area contributed by atoms with Crippen LogP contribution in [0.1, 0.15) is 11.3 Å². The van der Waals surface area contributed by atoms with Gasteiger partial charge in [0.05, 0.1) is 11.7 Å². The summed E-state index contributed by atoms with van der Waals surface area (Å²) >= 11 is 5.95. The molecule has 0 atom stereocenters. The summed E-state index contributed by atoms with van der Waals surface area (Å²) in [5, 5.41) is 9.20. The summed E-state index contributed by atoms with van der Waals surface area (Å²) in [4.78, 5) is 0. The van der Waals surface area contributed by atoms with E-state index < -0.39 is 0 Å². The van der Waals surface area contributed by atoms with Crippen LogP contribution in [0.15, 0.2) is 6.20 Å². The van der Waals surface area contributed by atoms with Crippen molar-refractivity contribution in [3.05, 3.63) is 22.6 Å². The highest BCUT2D eigenvalue weighted by Gasteiger charge is 2.11. The molecule has 0 aliphatic heterocycles. The van der Waals surface area contributed by atoms with Crippen LogP contribution >= 0.6 is 11.6 Å². The van der Waals surface area contributed by atoms with Gasteiger partial charge in [-0.25, -0.2) is 0 Å². The second-order valence-electron chi connectivity index (χ2n) is 3.17. The van der Waals surface area contributed by atoms with E-state index in [1.54, 1.807) is 6.20 Å². The summed E-state index contributed by atoms with van der Waals surface area (Å²) in [5.41, 5.74) is 3.38. The fourth-order valence-electron chi connectivity index (χ4n) is 1.56. The Labute approximate surface area is 81.3 Å². The topological polar surface area (TPSA) is 30.7 Å². The number of fused-ring (bicyclic) bond motifs is 1. The average molecular weight is 196 g/mol. The van der Waals surface area contributed by atoms with Crippen LogP contribution in [0.2, 0.25) is 5.15 Å². The molecular weight excluding hydrogens is 186 g/mol. The maximum Gasteiger partial charge on any atom is 0.175 e. The Balaban J connectivity index is 3.03. The first kappa shape index (κ1) is 8.51. The SMILES string of the molecule is Cc1c(C)n(C)c2c(Cl)nncc12. The van der Waals surface area contributed by atoms with Crippen molar-refractivity contribution in [2.75, 3.05) is 0 Å².